The molecule has 0 aliphatic heterocycles. The van der Waals surface area contributed by atoms with E-state index in [0.29, 0.717) is 6.54 Å². The summed E-state index contributed by atoms with van der Waals surface area (Å²) in [7, 11) is 0. The second kappa shape index (κ2) is 7.97. The molecule has 1 aromatic carbocycles. The van der Waals surface area contributed by atoms with E-state index in [1.54, 1.807) is 0 Å². The molecule has 20 heavy (non-hydrogen) atoms. The number of amides is 2. The summed E-state index contributed by atoms with van der Waals surface area (Å²) in [6.07, 6.45) is 0. The zero-order chi connectivity index (χ0) is 15.0. The molecule has 5 nitrogen and oxygen atoms in total. The van der Waals surface area contributed by atoms with Crippen molar-refractivity contribution in [3.05, 3.63) is 35.4 Å². The molecule has 0 aliphatic carbocycles. The molecular formula is C15H19N3O2. The number of hydrogen-bond donors (Lipinski definition) is 3. The Balaban J connectivity index is 2.57. The quantitative estimate of drug-likeness (QED) is 0.690. The van der Waals surface area contributed by atoms with Crippen molar-refractivity contribution in [3.63, 3.8) is 0 Å². The van der Waals surface area contributed by atoms with Gasteiger partial charge < -0.3 is 16.4 Å². The van der Waals surface area contributed by atoms with Crippen LogP contribution in [0.5, 0.6) is 0 Å². The zero-order valence-electron chi connectivity index (χ0n) is 11.7. The predicted octanol–water partition coefficient (Wildman–Crippen LogP) is 0.310. The highest BCUT2D eigenvalue weighted by Gasteiger charge is 2.09. The standard InChI is InChI=1S/C15H19N3O2/c1-11(18-15(20)10-17-12(2)19)14-7-5-13(6-8-14)4-3-9-16/h5-8,11H,9-10,16H2,1-2H3,(H,17,19)(H,18,20). The van der Waals surface area contributed by atoms with E-state index >= 15 is 0 Å². The topological polar surface area (TPSA) is 84.2 Å². The molecule has 1 rings (SSSR count). The van der Waals surface area contributed by atoms with Crippen molar-refractivity contribution < 1.29 is 9.59 Å². The van der Waals surface area contributed by atoms with Crippen molar-refractivity contribution in [1.82, 2.24) is 10.6 Å². The molecule has 0 aliphatic rings. The van der Waals surface area contributed by atoms with Crippen LogP contribution in [-0.2, 0) is 9.59 Å². The average Bonchev–Trinajstić information content (AvgIpc) is 2.43. The summed E-state index contributed by atoms with van der Waals surface area (Å²) in [6.45, 7) is 3.57. The maximum Gasteiger partial charge on any atom is 0.239 e. The number of nitrogens with two attached hydrogens (primary N) is 1. The third-order valence-corrected chi connectivity index (χ3v) is 2.62. The second-order valence-electron chi connectivity index (χ2n) is 4.33. The van der Waals surface area contributed by atoms with Gasteiger partial charge in [0.15, 0.2) is 0 Å². The highest BCUT2D eigenvalue weighted by atomic mass is 16.2. The van der Waals surface area contributed by atoms with Crippen molar-refractivity contribution in [2.24, 2.45) is 5.73 Å². The van der Waals surface area contributed by atoms with Gasteiger partial charge in [-0.3, -0.25) is 9.59 Å². The fourth-order valence-electron chi connectivity index (χ4n) is 1.59. The van der Waals surface area contributed by atoms with Gasteiger partial charge >= 0.3 is 0 Å². The van der Waals surface area contributed by atoms with Gasteiger partial charge in [0, 0.05) is 12.5 Å². The van der Waals surface area contributed by atoms with Crippen LogP contribution in [0.3, 0.4) is 0 Å². The Morgan fingerprint density at radius 2 is 1.95 bits per heavy atom. The third-order valence-electron chi connectivity index (χ3n) is 2.62. The fourth-order valence-corrected chi connectivity index (χ4v) is 1.59. The van der Waals surface area contributed by atoms with E-state index in [1.807, 2.05) is 31.2 Å². The van der Waals surface area contributed by atoms with E-state index in [-0.39, 0.29) is 24.4 Å². The van der Waals surface area contributed by atoms with Crippen molar-refractivity contribution >= 4 is 11.8 Å². The smallest absolute Gasteiger partial charge is 0.239 e. The first-order valence-corrected chi connectivity index (χ1v) is 6.35. The van der Waals surface area contributed by atoms with Crippen LogP contribution in [0.4, 0.5) is 0 Å². The number of carbonyl (C=O) groups excluding carboxylic acids is 2. The summed E-state index contributed by atoms with van der Waals surface area (Å²) in [4.78, 5) is 22.3. The lowest BCUT2D eigenvalue weighted by Crippen LogP contribution is -2.37. The molecule has 4 N–H and O–H groups in total. The average molecular weight is 273 g/mol. The Bertz CT molecular complexity index is 526. The zero-order valence-corrected chi connectivity index (χ0v) is 11.7. The Labute approximate surface area is 118 Å². The lowest BCUT2D eigenvalue weighted by molar-refractivity contribution is -0.125. The van der Waals surface area contributed by atoms with E-state index in [2.05, 4.69) is 22.5 Å². The highest BCUT2D eigenvalue weighted by Crippen LogP contribution is 2.12. The van der Waals surface area contributed by atoms with Gasteiger partial charge in [-0.25, -0.2) is 0 Å². The van der Waals surface area contributed by atoms with E-state index in [1.165, 1.54) is 6.92 Å². The minimum absolute atomic E-state index is 0.0142. The third kappa shape index (κ3) is 5.55. The molecule has 0 aromatic heterocycles. The first-order chi connectivity index (χ1) is 9.52. The molecule has 1 unspecified atom stereocenters. The van der Waals surface area contributed by atoms with E-state index in [9.17, 15) is 9.59 Å². The number of hydrogen-bond acceptors (Lipinski definition) is 3. The summed E-state index contributed by atoms with van der Waals surface area (Å²) < 4.78 is 0. The summed E-state index contributed by atoms with van der Waals surface area (Å²) >= 11 is 0. The second-order valence-corrected chi connectivity index (χ2v) is 4.33. The van der Waals surface area contributed by atoms with Crippen LogP contribution >= 0.6 is 0 Å². The molecule has 0 spiro atoms. The van der Waals surface area contributed by atoms with Gasteiger partial charge in [0.1, 0.15) is 0 Å². The van der Waals surface area contributed by atoms with Crippen LogP contribution < -0.4 is 16.4 Å². The Hall–Kier alpha value is -2.32. The molecular weight excluding hydrogens is 254 g/mol. The SMILES string of the molecule is CC(=O)NCC(=O)NC(C)c1ccc(C#CCN)cc1. The van der Waals surface area contributed by atoms with Crippen molar-refractivity contribution in [1.29, 1.82) is 0 Å². The molecule has 0 saturated heterocycles. The first-order valence-electron chi connectivity index (χ1n) is 6.35. The summed E-state index contributed by atoms with van der Waals surface area (Å²) in [5, 5.41) is 5.26. The minimum atomic E-state index is -0.226. The van der Waals surface area contributed by atoms with Gasteiger partial charge in [-0.1, -0.05) is 24.0 Å². The minimum Gasteiger partial charge on any atom is -0.348 e. The van der Waals surface area contributed by atoms with Crippen molar-refractivity contribution in [2.45, 2.75) is 19.9 Å². The van der Waals surface area contributed by atoms with Gasteiger partial charge in [0.25, 0.3) is 0 Å². The maximum atomic E-state index is 11.6. The summed E-state index contributed by atoms with van der Waals surface area (Å²) in [5.41, 5.74) is 7.16. The maximum absolute atomic E-state index is 11.6. The molecule has 0 fully saturated rings. The lowest BCUT2D eigenvalue weighted by atomic mass is 10.1. The molecule has 0 saturated carbocycles. The summed E-state index contributed by atoms with van der Waals surface area (Å²) in [6, 6.07) is 7.45. The van der Waals surface area contributed by atoms with Crippen LogP contribution in [0.15, 0.2) is 24.3 Å². The van der Waals surface area contributed by atoms with Gasteiger partial charge in [0.05, 0.1) is 19.1 Å². The van der Waals surface area contributed by atoms with E-state index in [4.69, 9.17) is 5.73 Å². The number of nitrogens with one attached hydrogen (secondary N) is 2. The van der Waals surface area contributed by atoms with Crippen LogP contribution in [0.2, 0.25) is 0 Å². The molecule has 0 bridgehead atoms. The number of benzene rings is 1. The molecule has 0 heterocycles. The van der Waals surface area contributed by atoms with E-state index in [0.717, 1.165) is 11.1 Å². The Morgan fingerprint density at radius 1 is 1.30 bits per heavy atom. The number of rotatable bonds is 4. The first kappa shape index (κ1) is 15.7. The normalized spacial score (nSPS) is 10.9. The molecule has 106 valence electrons. The monoisotopic (exact) mass is 273 g/mol. The molecule has 0 radical (unpaired) electrons. The van der Waals surface area contributed by atoms with Crippen LogP contribution in [0, 0.1) is 11.8 Å². The molecule has 5 heteroatoms. The summed E-state index contributed by atoms with van der Waals surface area (Å²) in [5.74, 6) is 5.27. The van der Waals surface area contributed by atoms with Gasteiger partial charge in [0.2, 0.25) is 11.8 Å². The van der Waals surface area contributed by atoms with E-state index < -0.39 is 0 Å². The fraction of sp³-hybridized carbons (Fsp3) is 0.333. The van der Waals surface area contributed by atoms with Crippen LogP contribution in [0.1, 0.15) is 31.0 Å². The van der Waals surface area contributed by atoms with Crippen LogP contribution in [-0.4, -0.2) is 24.9 Å². The van der Waals surface area contributed by atoms with Gasteiger partial charge in [-0.05, 0) is 24.6 Å². The van der Waals surface area contributed by atoms with Gasteiger partial charge in [-0.15, -0.1) is 0 Å². The van der Waals surface area contributed by atoms with Crippen molar-refractivity contribution in [3.8, 4) is 11.8 Å². The van der Waals surface area contributed by atoms with Gasteiger partial charge in [-0.2, -0.15) is 0 Å². The lowest BCUT2D eigenvalue weighted by Gasteiger charge is -2.14. The molecule has 2 amide bonds. The largest absolute Gasteiger partial charge is 0.348 e. The Kier molecular flexibility index (Phi) is 6.27. The number of carbonyl (C=O) groups is 2. The molecule has 1 aromatic rings. The predicted molar refractivity (Wildman–Crippen MR) is 77.6 cm³/mol. The van der Waals surface area contributed by atoms with Crippen LogP contribution in [0.25, 0.3) is 0 Å². The van der Waals surface area contributed by atoms with Crippen molar-refractivity contribution in [2.75, 3.05) is 13.1 Å². The Morgan fingerprint density at radius 3 is 2.50 bits per heavy atom. The molecule has 1 atom stereocenters. The highest BCUT2D eigenvalue weighted by molar-refractivity contribution is 5.83.